The van der Waals surface area contributed by atoms with E-state index in [1.165, 1.54) is 0 Å². The number of hydrogen-bond donors (Lipinski definition) is 0. The van der Waals surface area contributed by atoms with Gasteiger partial charge < -0.3 is 9.16 Å². The molecular formula is C23H40O2Si. The third-order valence-corrected chi connectivity index (χ3v) is 12.0. The standard InChI is InChI=1S/C23H40O2Si/c1-10-12-14-23(15-13-11-2)17-21(24-9)16-22(23)25-26(18(3)4,19(5)6)20(7)8/h10-11,16-20H,1-2,12-15H2,3-9H3. The Kier molecular flexibility index (Phi) is 8.46. The summed E-state index contributed by atoms with van der Waals surface area (Å²) in [7, 11) is -0.266. The van der Waals surface area contributed by atoms with E-state index in [9.17, 15) is 0 Å². The molecule has 0 atom stereocenters. The Hall–Kier alpha value is -1.22. The molecule has 0 spiro atoms. The molecule has 0 aliphatic heterocycles. The second-order valence-corrected chi connectivity index (χ2v) is 13.9. The van der Waals surface area contributed by atoms with Crippen LogP contribution in [0.5, 0.6) is 0 Å². The average Bonchev–Trinajstić information content (AvgIpc) is 2.92. The van der Waals surface area contributed by atoms with Gasteiger partial charge in [0.2, 0.25) is 0 Å². The van der Waals surface area contributed by atoms with Crippen molar-refractivity contribution in [2.75, 3.05) is 7.11 Å². The van der Waals surface area contributed by atoms with Crippen molar-refractivity contribution in [3.63, 3.8) is 0 Å². The summed E-state index contributed by atoms with van der Waals surface area (Å²) in [5.74, 6) is 2.04. The second kappa shape index (κ2) is 9.64. The Morgan fingerprint density at radius 1 is 0.962 bits per heavy atom. The van der Waals surface area contributed by atoms with Gasteiger partial charge in [-0.2, -0.15) is 0 Å². The average molecular weight is 377 g/mol. The van der Waals surface area contributed by atoms with Gasteiger partial charge in [0, 0.05) is 11.5 Å². The molecule has 0 radical (unpaired) electrons. The summed E-state index contributed by atoms with van der Waals surface area (Å²) in [5.41, 5.74) is 1.54. The summed E-state index contributed by atoms with van der Waals surface area (Å²) in [6.45, 7) is 21.9. The molecule has 0 amide bonds. The van der Waals surface area contributed by atoms with Crippen LogP contribution >= 0.6 is 0 Å². The van der Waals surface area contributed by atoms with Crippen LogP contribution in [0.4, 0.5) is 0 Å². The molecule has 3 heteroatoms. The fourth-order valence-corrected chi connectivity index (χ4v) is 10.0. The quantitative estimate of drug-likeness (QED) is 0.259. The van der Waals surface area contributed by atoms with Gasteiger partial charge in [-0.05, 0) is 48.4 Å². The topological polar surface area (TPSA) is 18.5 Å². The minimum atomic E-state index is -2.01. The van der Waals surface area contributed by atoms with Gasteiger partial charge in [-0.3, -0.25) is 0 Å². The predicted molar refractivity (Wildman–Crippen MR) is 117 cm³/mol. The van der Waals surface area contributed by atoms with Crippen molar-refractivity contribution < 1.29 is 9.16 Å². The lowest BCUT2D eigenvalue weighted by atomic mass is 9.79. The zero-order valence-corrected chi connectivity index (χ0v) is 19.1. The van der Waals surface area contributed by atoms with E-state index in [2.05, 4.69) is 66.9 Å². The Labute approximate surface area is 163 Å². The summed E-state index contributed by atoms with van der Waals surface area (Å²) >= 11 is 0. The van der Waals surface area contributed by atoms with E-state index < -0.39 is 8.32 Å². The maximum atomic E-state index is 7.12. The zero-order valence-electron chi connectivity index (χ0n) is 18.1. The molecule has 1 aliphatic rings. The summed E-state index contributed by atoms with van der Waals surface area (Å²) in [6.07, 6.45) is 12.4. The number of hydrogen-bond acceptors (Lipinski definition) is 2. The smallest absolute Gasteiger partial charge is 0.258 e. The molecule has 0 bridgehead atoms. The van der Waals surface area contributed by atoms with Crippen molar-refractivity contribution in [3.8, 4) is 0 Å². The van der Waals surface area contributed by atoms with Gasteiger partial charge in [0.25, 0.3) is 8.32 Å². The van der Waals surface area contributed by atoms with Crippen molar-refractivity contribution in [2.24, 2.45) is 5.41 Å². The second-order valence-electron chi connectivity index (χ2n) is 8.49. The first-order chi connectivity index (χ1) is 12.2. The van der Waals surface area contributed by atoms with Crippen molar-refractivity contribution in [1.29, 1.82) is 0 Å². The monoisotopic (exact) mass is 376 g/mol. The van der Waals surface area contributed by atoms with Crippen LogP contribution in [0.1, 0.15) is 67.2 Å². The van der Waals surface area contributed by atoms with E-state index in [0.717, 1.165) is 37.2 Å². The van der Waals surface area contributed by atoms with E-state index >= 15 is 0 Å². The van der Waals surface area contributed by atoms with Crippen LogP contribution in [-0.2, 0) is 9.16 Å². The number of methoxy groups -OCH3 is 1. The minimum absolute atomic E-state index is 0.107. The number of ether oxygens (including phenoxy) is 1. The molecule has 0 aromatic heterocycles. The van der Waals surface area contributed by atoms with Gasteiger partial charge in [0.05, 0.1) is 12.9 Å². The highest BCUT2D eigenvalue weighted by molar-refractivity contribution is 6.77. The third-order valence-electron chi connectivity index (χ3n) is 6.00. The normalized spacial score (nSPS) is 16.7. The van der Waals surface area contributed by atoms with Crippen LogP contribution in [0.25, 0.3) is 0 Å². The van der Waals surface area contributed by atoms with Crippen LogP contribution < -0.4 is 0 Å². The summed E-state index contributed by atoms with van der Waals surface area (Å²) < 4.78 is 12.7. The minimum Gasteiger partial charge on any atom is -0.545 e. The van der Waals surface area contributed by atoms with Crippen LogP contribution in [-0.4, -0.2) is 15.4 Å². The maximum Gasteiger partial charge on any atom is 0.258 e. The molecule has 0 N–H and O–H groups in total. The summed E-state index contributed by atoms with van der Waals surface area (Å²) in [6, 6.07) is 0. The maximum absolute atomic E-state index is 7.12. The van der Waals surface area contributed by atoms with Crippen LogP contribution in [0.2, 0.25) is 16.6 Å². The van der Waals surface area contributed by atoms with Gasteiger partial charge in [-0.15, -0.1) is 13.2 Å². The third kappa shape index (κ3) is 4.54. The van der Waals surface area contributed by atoms with Crippen LogP contribution in [0, 0.1) is 5.41 Å². The van der Waals surface area contributed by atoms with Crippen molar-refractivity contribution in [1.82, 2.24) is 0 Å². The molecule has 0 aromatic carbocycles. The lowest BCUT2D eigenvalue weighted by Gasteiger charge is -2.45. The highest BCUT2D eigenvalue weighted by Gasteiger charge is 2.50. The van der Waals surface area contributed by atoms with Crippen LogP contribution in [0.15, 0.2) is 49.0 Å². The SMILES string of the molecule is C=CCCC1(CCC=C)C=C(OC)C=C1O[Si](C(C)C)(C(C)C)C(C)C. The molecule has 0 saturated heterocycles. The first-order valence-corrected chi connectivity index (χ1v) is 12.2. The molecule has 0 fully saturated rings. The van der Waals surface area contributed by atoms with E-state index in [0.29, 0.717) is 16.6 Å². The molecule has 0 unspecified atom stereocenters. The van der Waals surface area contributed by atoms with E-state index in [1.807, 2.05) is 12.2 Å². The molecule has 148 valence electrons. The Bertz CT molecular complexity index is 507. The van der Waals surface area contributed by atoms with Gasteiger partial charge in [0.1, 0.15) is 5.76 Å². The lowest BCUT2D eigenvalue weighted by Crippen LogP contribution is -2.48. The van der Waals surface area contributed by atoms with Crippen molar-refractivity contribution in [3.05, 3.63) is 49.0 Å². The lowest BCUT2D eigenvalue weighted by molar-refractivity contribution is 0.241. The van der Waals surface area contributed by atoms with Gasteiger partial charge in [-0.25, -0.2) is 0 Å². The summed E-state index contributed by atoms with van der Waals surface area (Å²) in [5, 5.41) is 0. The molecule has 0 saturated carbocycles. The fourth-order valence-electron chi connectivity index (χ4n) is 4.69. The Morgan fingerprint density at radius 2 is 1.42 bits per heavy atom. The van der Waals surface area contributed by atoms with E-state index in [1.54, 1.807) is 7.11 Å². The van der Waals surface area contributed by atoms with Crippen molar-refractivity contribution >= 4 is 8.32 Å². The largest absolute Gasteiger partial charge is 0.545 e. The highest BCUT2D eigenvalue weighted by Crippen LogP contribution is 2.51. The molecule has 26 heavy (non-hydrogen) atoms. The zero-order chi connectivity index (χ0) is 20.0. The molecule has 1 rings (SSSR count). The molecule has 2 nitrogen and oxygen atoms in total. The Morgan fingerprint density at radius 3 is 1.77 bits per heavy atom. The van der Waals surface area contributed by atoms with E-state index in [-0.39, 0.29) is 5.41 Å². The van der Waals surface area contributed by atoms with Crippen LogP contribution in [0.3, 0.4) is 0 Å². The molecule has 0 heterocycles. The summed E-state index contributed by atoms with van der Waals surface area (Å²) in [4.78, 5) is 0. The molecule has 0 aromatic rings. The Balaban J connectivity index is 3.38. The molecular weight excluding hydrogens is 336 g/mol. The van der Waals surface area contributed by atoms with E-state index in [4.69, 9.17) is 9.16 Å². The van der Waals surface area contributed by atoms with Gasteiger partial charge in [-0.1, -0.05) is 53.7 Å². The first-order valence-electron chi connectivity index (χ1n) is 10.1. The highest BCUT2D eigenvalue weighted by atomic mass is 28.4. The predicted octanol–water partition coefficient (Wildman–Crippen LogP) is 7.53. The number of rotatable bonds is 12. The van der Waals surface area contributed by atoms with Gasteiger partial charge in [0.15, 0.2) is 0 Å². The van der Waals surface area contributed by atoms with Gasteiger partial charge >= 0.3 is 0 Å². The molecule has 1 aliphatic carbocycles. The first kappa shape index (κ1) is 22.8. The fraction of sp³-hybridized carbons (Fsp3) is 0.652. The number of allylic oxidation sites excluding steroid dienone is 4. The van der Waals surface area contributed by atoms with Crippen molar-refractivity contribution in [2.45, 2.75) is 83.8 Å².